The Morgan fingerprint density at radius 3 is 3.08 bits per heavy atom. The predicted molar refractivity (Wildman–Crippen MR) is 51.5 cm³/mol. The summed E-state index contributed by atoms with van der Waals surface area (Å²) in [5.41, 5.74) is 6.26. The summed E-state index contributed by atoms with van der Waals surface area (Å²) >= 11 is 0. The summed E-state index contributed by atoms with van der Waals surface area (Å²) in [6.45, 7) is 2.95. The van der Waals surface area contributed by atoms with E-state index in [1.807, 2.05) is 6.07 Å². The Kier molecular flexibility index (Phi) is 3.25. The van der Waals surface area contributed by atoms with Crippen molar-refractivity contribution >= 4 is 11.6 Å². The average Bonchev–Trinajstić information content (AvgIpc) is 2.15. The number of rotatable bonds is 4. The molecule has 0 radical (unpaired) electrons. The van der Waals surface area contributed by atoms with Crippen LogP contribution < -0.4 is 11.1 Å². The average molecular weight is 179 g/mol. The van der Waals surface area contributed by atoms with Gasteiger partial charge in [0.1, 0.15) is 5.69 Å². The number of nitrogens with two attached hydrogens (primary N) is 1. The molecule has 0 saturated heterocycles. The first-order valence-corrected chi connectivity index (χ1v) is 4.23. The zero-order chi connectivity index (χ0) is 9.68. The van der Waals surface area contributed by atoms with Gasteiger partial charge < -0.3 is 11.1 Å². The topological polar surface area (TPSA) is 68.0 Å². The van der Waals surface area contributed by atoms with E-state index in [1.54, 1.807) is 12.3 Å². The maximum Gasteiger partial charge on any atom is 0.267 e. The van der Waals surface area contributed by atoms with Crippen molar-refractivity contribution in [1.29, 1.82) is 0 Å². The van der Waals surface area contributed by atoms with Crippen LogP contribution in [-0.2, 0) is 0 Å². The molecule has 1 aromatic heterocycles. The van der Waals surface area contributed by atoms with E-state index >= 15 is 0 Å². The summed E-state index contributed by atoms with van der Waals surface area (Å²) in [5.74, 6) is -0.500. The van der Waals surface area contributed by atoms with E-state index in [-0.39, 0.29) is 0 Å². The van der Waals surface area contributed by atoms with E-state index in [9.17, 15) is 4.79 Å². The number of nitrogens with zero attached hydrogens (tertiary/aromatic N) is 1. The highest BCUT2D eigenvalue weighted by Crippen LogP contribution is 2.06. The maximum atomic E-state index is 10.8. The lowest BCUT2D eigenvalue weighted by atomic mass is 10.3. The van der Waals surface area contributed by atoms with Gasteiger partial charge in [-0.2, -0.15) is 0 Å². The molecule has 0 saturated carbocycles. The first-order chi connectivity index (χ1) is 6.24. The number of carbonyl (C=O) groups excluding carboxylic acids is 1. The first kappa shape index (κ1) is 9.51. The third-order valence-corrected chi connectivity index (χ3v) is 1.59. The van der Waals surface area contributed by atoms with Crippen LogP contribution in [0.15, 0.2) is 18.3 Å². The van der Waals surface area contributed by atoms with Crippen LogP contribution >= 0.6 is 0 Å². The Balaban J connectivity index is 2.73. The molecule has 1 rings (SSSR count). The largest absolute Gasteiger partial charge is 0.385 e. The van der Waals surface area contributed by atoms with Gasteiger partial charge in [0.05, 0.1) is 0 Å². The van der Waals surface area contributed by atoms with Gasteiger partial charge in [0, 0.05) is 18.4 Å². The van der Waals surface area contributed by atoms with Crippen molar-refractivity contribution in [3.8, 4) is 0 Å². The summed E-state index contributed by atoms with van der Waals surface area (Å²) in [7, 11) is 0. The molecule has 3 N–H and O–H groups in total. The van der Waals surface area contributed by atoms with Crippen LogP contribution in [-0.4, -0.2) is 17.4 Å². The van der Waals surface area contributed by atoms with Crippen LogP contribution in [0.4, 0.5) is 5.69 Å². The van der Waals surface area contributed by atoms with Crippen molar-refractivity contribution in [2.45, 2.75) is 13.3 Å². The fourth-order valence-electron chi connectivity index (χ4n) is 0.945. The summed E-state index contributed by atoms with van der Waals surface area (Å²) in [4.78, 5) is 14.6. The molecule has 1 heterocycles. The molecule has 0 aliphatic rings. The van der Waals surface area contributed by atoms with Crippen LogP contribution in [0.5, 0.6) is 0 Å². The number of amides is 1. The van der Waals surface area contributed by atoms with Crippen LogP contribution in [0.25, 0.3) is 0 Å². The van der Waals surface area contributed by atoms with Gasteiger partial charge in [0.2, 0.25) is 0 Å². The normalized spacial score (nSPS) is 9.62. The van der Waals surface area contributed by atoms with Crippen LogP contribution in [0, 0.1) is 0 Å². The lowest BCUT2D eigenvalue weighted by Gasteiger charge is -2.04. The van der Waals surface area contributed by atoms with E-state index in [4.69, 9.17) is 5.73 Å². The molecule has 0 fully saturated rings. The Hall–Kier alpha value is -1.58. The molecule has 0 atom stereocenters. The minimum Gasteiger partial charge on any atom is -0.385 e. The second-order valence-corrected chi connectivity index (χ2v) is 2.72. The van der Waals surface area contributed by atoms with Gasteiger partial charge in [-0.1, -0.05) is 6.92 Å². The first-order valence-electron chi connectivity index (χ1n) is 4.23. The Bertz CT molecular complexity index is 299. The van der Waals surface area contributed by atoms with E-state index in [0.717, 1.165) is 18.7 Å². The second kappa shape index (κ2) is 4.45. The molecule has 0 spiro atoms. The number of anilines is 1. The highest BCUT2D eigenvalue weighted by Gasteiger charge is 2.01. The minimum absolute atomic E-state index is 0.293. The molecule has 1 aromatic rings. The monoisotopic (exact) mass is 179 g/mol. The number of aromatic nitrogens is 1. The second-order valence-electron chi connectivity index (χ2n) is 2.72. The van der Waals surface area contributed by atoms with Crippen LogP contribution in [0.1, 0.15) is 23.8 Å². The van der Waals surface area contributed by atoms with Gasteiger partial charge in [-0.05, 0) is 18.6 Å². The molecule has 0 aromatic carbocycles. The smallest absolute Gasteiger partial charge is 0.267 e. The van der Waals surface area contributed by atoms with E-state index in [2.05, 4.69) is 17.2 Å². The Labute approximate surface area is 77.2 Å². The van der Waals surface area contributed by atoms with E-state index in [0.29, 0.717) is 5.69 Å². The molecule has 1 amide bonds. The van der Waals surface area contributed by atoms with Crippen LogP contribution in [0.2, 0.25) is 0 Å². The third kappa shape index (κ3) is 2.74. The van der Waals surface area contributed by atoms with Crippen LogP contribution in [0.3, 0.4) is 0 Å². The lowest BCUT2D eigenvalue weighted by Crippen LogP contribution is -2.13. The van der Waals surface area contributed by atoms with Crippen molar-refractivity contribution in [2.75, 3.05) is 11.9 Å². The molecular weight excluding hydrogens is 166 g/mol. The van der Waals surface area contributed by atoms with Crippen molar-refractivity contribution < 1.29 is 4.79 Å². The van der Waals surface area contributed by atoms with Gasteiger partial charge in [-0.25, -0.2) is 0 Å². The van der Waals surface area contributed by atoms with Crippen molar-refractivity contribution in [3.63, 3.8) is 0 Å². The summed E-state index contributed by atoms with van der Waals surface area (Å²) < 4.78 is 0. The minimum atomic E-state index is -0.500. The number of hydrogen-bond donors (Lipinski definition) is 2. The quantitative estimate of drug-likeness (QED) is 0.724. The molecular formula is C9H13N3O. The number of hydrogen-bond acceptors (Lipinski definition) is 3. The number of pyridine rings is 1. The SMILES string of the molecule is CCCNc1ccnc(C(N)=O)c1. The molecule has 13 heavy (non-hydrogen) atoms. The Morgan fingerprint density at radius 2 is 2.46 bits per heavy atom. The van der Waals surface area contributed by atoms with Gasteiger partial charge in [0.25, 0.3) is 5.91 Å². The standard InChI is InChI=1S/C9H13N3O/c1-2-4-11-7-3-5-12-8(6-7)9(10)13/h3,5-6H,2,4H2,1H3,(H2,10,13)(H,11,12). The van der Waals surface area contributed by atoms with Gasteiger partial charge >= 0.3 is 0 Å². The maximum absolute atomic E-state index is 10.8. The van der Waals surface area contributed by atoms with Gasteiger partial charge in [-0.3, -0.25) is 9.78 Å². The third-order valence-electron chi connectivity index (χ3n) is 1.59. The van der Waals surface area contributed by atoms with Crippen molar-refractivity contribution in [1.82, 2.24) is 4.98 Å². The summed E-state index contributed by atoms with van der Waals surface area (Å²) in [6, 6.07) is 3.46. The highest BCUT2D eigenvalue weighted by molar-refractivity contribution is 5.91. The molecule has 0 aliphatic heterocycles. The molecule has 4 nitrogen and oxygen atoms in total. The fourth-order valence-corrected chi connectivity index (χ4v) is 0.945. The van der Waals surface area contributed by atoms with Gasteiger partial charge in [0.15, 0.2) is 0 Å². The number of nitrogens with one attached hydrogen (secondary N) is 1. The van der Waals surface area contributed by atoms with E-state index in [1.165, 1.54) is 0 Å². The summed E-state index contributed by atoms with van der Waals surface area (Å²) in [6.07, 6.45) is 2.60. The fraction of sp³-hybridized carbons (Fsp3) is 0.333. The molecule has 0 aliphatic carbocycles. The number of primary amides is 1. The van der Waals surface area contributed by atoms with Gasteiger partial charge in [-0.15, -0.1) is 0 Å². The molecule has 4 heteroatoms. The highest BCUT2D eigenvalue weighted by atomic mass is 16.1. The zero-order valence-electron chi connectivity index (χ0n) is 7.58. The molecule has 0 bridgehead atoms. The van der Waals surface area contributed by atoms with Crippen molar-refractivity contribution in [3.05, 3.63) is 24.0 Å². The van der Waals surface area contributed by atoms with Crippen molar-refractivity contribution in [2.24, 2.45) is 5.73 Å². The lowest BCUT2D eigenvalue weighted by molar-refractivity contribution is 0.0995. The Morgan fingerprint density at radius 1 is 1.69 bits per heavy atom. The summed E-state index contributed by atoms with van der Waals surface area (Å²) in [5, 5.41) is 3.14. The molecule has 70 valence electrons. The predicted octanol–water partition coefficient (Wildman–Crippen LogP) is 1.00. The zero-order valence-corrected chi connectivity index (χ0v) is 7.58. The molecule has 0 unspecified atom stereocenters. The number of carbonyl (C=O) groups is 1. The van der Waals surface area contributed by atoms with E-state index < -0.39 is 5.91 Å².